The number of hydrogen-bond donors (Lipinski definition) is 1. The third-order valence-corrected chi connectivity index (χ3v) is 8.41. The Morgan fingerprint density at radius 1 is 0.935 bits per heavy atom. The van der Waals surface area contributed by atoms with Gasteiger partial charge in [0.1, 0.15) is 6.61 Å². The summed E-state index contributed by atoms with van der Waals surface area (Å²) in [6.45, 7) is 1.01. The van der Waals surface area contributed by atoms with Crippen LogP contribution in [-0.4, -0.2) is 12.6 Å². The first-order chi connectivity index (χ1) is 14.9. The lowest BCUT2D eigenvalue weighted by molar-refractivity contribution is -0.0206. The van der Waals surface area contributed by atoms with E-state index < -0.39 is 0 Å². The van der Waals surface area contributed by atoms with Gasteiger partial charge in [-0.25, -0.2) is 0 Å². The molecule has 2 aromatic rings. The zero-order valence-corrected chi connectivity index (χ0v) is 20.0. The summed E-state index contributed by atoms with van der Waals surface area (Å²) in [5.41, 5.74) is 2.15. The van der Waals surface area contributed by atoms with Crippen molar-refractivity contribution in [3.63, 3.8) is 0 Å². The van der Waals surface area contributed by atoms with Gasteiger partial charge in [-0.2, -0.15) is 0 Å². The van der Waals surface area contributed by atoms with Gasteiger partial charge in [0.2, 0.25) is 0 Å². The van der Waals surface area contributed by atoms with Crippen LogP contribution in [0, 0.1) is 17.8 Å². The lowest BCUT2D eigenvalue weighted by Crippen LogP contribution is -2.58. The summed E-state index contributed by atoms with van der Waals surface area (Å²) >= 11 is 19.2. The topological polar surface area (TPSA) is 30.5 Å². The highest BCUT2D eigenvalue weighted by Gasteiger charge is 2.50. The molecule has 6 rings (SSSR count). The maximum atomic E-state index is 6.62. The summed E-state index contributed by atoms with van der Waals surface area (Å²) in [6.07, 6.45) is 8.31. The zero-order chi connectivity index (χ0) is 21.6. The Balaban J connectivity index is 1.29. The van der Waals surface area contributed by atoms with Crippen LogP contribution >= 0.6 is 34.8 Å². The van der Waals surface area contributed by atoms with Crippen LogP contribution < -0.4 is 14.8 Å². The summed E-state index contributed by atoms with van der Waals surface area (Å²) in [7, 11) is 1.64. The van der Waals surface area contributed by atoms with E-state index in [2.05, 4.69) is 5.32 Å². The normalized spacial score (nSPS) is 28.7. The summed E-state index contributed by atoms with van der Waals surface area (Å²) in [5, 5.41) is 5.59. The minimum atomic E-state index is 0.222. The third-order valence-electron chi connectivity index (χ3n) is 7.42. The molecule has 4 saturated carbocycles. The van der Waals surface area contributed by atoms with Crippen molar-refractivity contribution >= 4 is 34.8 Å². The quantitative estimate of drug-likeness (QED) is 0.451. The molecule has 2 aromatic carbocycles. The highest BCUT2D eigenvalue weighted by Crippen LogP contribution is 2.55. The van der Waals surface area contributed by atoms with Gasteiger partial charge in [0, 0.05) is 27.7 Å². The standard InChI is InChI=1S/C25H28Cl3NO2/c1-30-23-9-18(13-29-25-10-15-5-16(11-25)7-17(6-15)12-25)8-22(28)24(23)31-14-19-20(26)3-2-4-21(19)27/h2-4,8-9,15-17,29H,5-7,10-14H2,1H3. The Morgan fingerprint density at radius 3 is 2.13 bits per heavy atom. The van der Waals surface area contributed by atoms with Gasteiger partial charge in [-0.3, -0.25) is 0 Å². The number of benzene rings is 2. The second-order valence-corrected chi connectivity index (χ2v) is 10.9. The second-order valence-electron chi connectivity index (χ2n) is 9.65. The molecule has 0 heterocycles. The van der Waals surface area contributed by atoms with Crippen molar-refractivity contribution in [3.8, 4) is 11.5 Å². The second kappa shape index (κ2) is 8.67. The molecule has 4 fully saturated rings. The van der Waals surface area contributed by atoms with Gasteiger partial charge in [0.05, 0.1) is 12.1 Å². The highest BCUT2D eigenvalue weighted by molar-refractivity contribution is 6.36. The highest BCUT2D eigenvalue weighted by atomic mass is 35.5. The molecular formula is C25H28Cl3NO2. The molecule has 3 nitrogen and oxygen atoms in total. The average Bonchev–Trinajstić information content (AvgIpc) is 2.72. The van der Waals surface area contributed by atoms with Gasteiger partial charge in [-0.1, -0.05) is 40.9 Å². The molecule has 0 aromatic heterocycles. The molecular weight excluding hydrogens is 453 g/mol. The molecule has 0 atom stereocenters. The number of rotatable bonds is 7. The van der Waals surface area contributed by atoms with Gasteiger partial charge >= 0.3 is 0 Å². The molecule has 4 bridgehead atoms. The maximum Gasteiger partial charge on any atom is 0.180 e. The number of ether oxygens (including phenoxy) is 2. The average molecular weight is 481 g/mol. The molecule has 6 heteroatoms. The van der Waals surface area contributed by atoms with Gasteiger partial charge in [0.15, 0.2) is 11.5 Å². The fourth-order valence-electron chi connectivity index (χ4n) is 6.45. The van der Waals surface area contributed by atoms with E-state index in [1.54, 1.807) is 19.2 Å². The Kier molecular flexibility index (Phi) is 6.07. The molecule has 31 heavy (non-hydrogen) atoms. The van der Waals surface area contributed by atoms with Crippen LogP contribution in [0.1, 0.15) is 49.7 Å². The van der Waals surface area contributed by atoms with Crippen molar-refractivity contribution < 1.29 is 9.47 Å². The summed E-state index contributed by atoms with van der Waals surface area (Å²) in [5.74, 6) is 3.90. The van der Waals surface area contributed by atoms with Crippen LogP contribution in [0.5, 0.6) is 11.5 Å². The first kappa shape index (κ1) is 21.7. The minimum Gasteiger partial charge on any atom is -0.493 e. The summed E-state index contributed by atoms with van der Waals surface area (Å²) < 4.78 is 11.6. The maximum absolute atomic E-state index is 6.62. The summed E-state index contributed by atoms with van der Waals surface area (Å²) in [4.78, 5) is 0. The number of halogens is 3. The van der Waals surface area contributed by atoms with Crippen LogP contribution in [0.2, 0.25) is 15.1 Å². The van der Waals surface area contributed by atoms with Crippen LogP contribution in [0.25, 0.3) is 0 Å². The van der Waals surface area contributed by atoms with E-state index in [1.807, 2.05) is 18.2 Å². The Labute approximate surface area is 199 Å². The van der Waals surface area contributed by atoms with Crippen molar-refractivity contribution in [2.75, 3.05) is 7.11 Å². The van der Waals surface area contributed by atoms with Gasteiger partial charge in [-0.15, -0.1) is 0 Å². The lowest BCUT2D eigenvalue weighted by Gasteiger charge is -2.57. The SMILES string of the molecule is COc1cc(CNC23CC4CC(CC(C4)C2)C3)cc(Cl)c1OCc1c(Cl)cccc1Cl. The lowest BCUT2D eigenvalue weighted by atomic mass is 9.53. The van der Waals surface area contributed by atoms with Gasteiger partial charge in [0.25, 0.3) is 0 Å². The van der Waals surface area contributed by atoms with Crippen LogP contribution in [0.3, 0.4) is 0 Å². The molecule has 0 aliphatic heterocycles. The van der Waals surface area contributed by atoms with E-state index in [0.717, 1.165) is 35.4 Å². The minimum absolute atomic E-state index is 0.222. The van der Waals surface area contributed by atoms with Crippen LogP contribution in [0.4, 0.5) is 0 Å². The van der Waals surface area contributed by atoms with Crippen molar-refractivity contribution in [2.45, 2.75) is 57.2 Å². The Morgan fingerprint density at radius 2 is 1.55 bits per heavy atom. The molecule has 166 valence electrons. The molecule has 4 aliphatic carbocycles. The van der Waals surface area contributed by atoms with Gasteiger partial charge in [-0.05, 0) is 86.1 Å². The Bertz CT molecular complexity index is 922. The van der Waals surface area contributed by atoms with Crippen molar-refractivity contribution in [2.24, 2.45) is 17.8 Å². The third kappa shape index (κ3) is 4.39. The summed E-state index contributed by atoms with van der Waals surface area (Å²) in [6, 6.07) is 9.39. The predicted molar refractivity (Wildman–Crippen MR) is 127 cm³/mol. The first-order valence-electron chi connectivity index (χ1n) is 11.1. The molecule has 0 unspecified atom stereocenters. The van der Waals surface area contributed by atoms with Crippen LogP contribution in [0.15, 0.2) is 30.3 Å². The molecule has 0 spiro atoms. The van der Waals surface area contributed by atoms with Crippen molar-refractivity contribution in [1.82, 2.24) is 5.32 Å². The fourth-order valence-corrected chi connectivity index (χ4v) is 7.24. The largest absolute Gasteiger partial charge is 0.493 e. The molecule has 0 saturated heterocycles. The van der Waals surface area contributed by atoms with E-state index in [-0.39, 0.29) is 6.61 Å². The zero-order valence-electron chi connectivity index (χ0n) is 17.7. The molecule has 0 amide bonds. The van der Waals surface area contributed by atoms with E-state index in [0.29, 0.717) is 32.1 Å². The van der Waals surface area contributed by atoms with Crippen molar-refractivity contribution in [3.05, 3.63) is 56.5 Å². The van der Waals surface area contributed by atoms with E-state index in [9.17, 15) is 0 Å². The van der Waals surface area contributed by atoms with E-state index >= 15 is 0 Å². The molecule has 4 aliphatic rings. The predicted octanol–water partition coefficient (Wildman–Crippen LogP) is 7.29. The number of hydrogen-bond acceptors (Lipinski definition) is 3. The first-order valence-corrected chi connectivity index (χ1v) is 12.3. The fraction of sp³-hybridized carbons (Fsp3) is 0.520. The monoisotopic (exact) mass is 479 g/mol. The molecule has 1 N–H and O–H groups in total. The van der Waals surface area contributed by atoms with Gasteiger partial charge < -0.3 is 14.8 Å². The Hall–Kier alpha value is -1.13. The van der Waals surface area contributed by atoms with Crippen molar-refractivity contribution in [1.29, 1.82) is 0 Å². The number of methoxy groups -OCH3 is 1. The van der Waals surface area contributed by atoms with E-state index in [1.165, 1.54) is 38.5 Å². The van der Waals surface area contributed by atoms with E-state index in [4.69, 9.17) is 44.3 Å². The molecule has 0 radical (unpaired) electrons. The smallest absolute Gasteiger partial charge is 0.180 e. The number of nitrogens with one attached hydrogen (secondary N) is 1. The van der Waals surface area contributed by atoms with Crippen LogP contribution in [-0.2, 0) is 13.2 Å².